The summed E-state index contributed by atoms with van der Waals surface area (Å²) in [6, 6.07) is 12.7. The smallest absolute Gasteiger partial charge is 0.252 e. The van der Waals surface area contributed by atoms with E-state index in [1.165, 1.54) is 0 Å². The molecule has 104 valence electrons. The van der Waals surface area contributed by atoms with Gasteiger partial charge in [0.15, 0.2) is 0 Å². The maximum absolute atomic E-state index is 11.5. The molecule has 0 radical (unpaired) electrons. The summed E-state index contributed by atoms with van der Waals surface area (Å²) < 4.78 is 0. The van der Waals surface area contributed by atoms with Gasteiger partial charge < -0.3 is 16.8 Å². The van der Waals surface area contributed by atoms with Crippen molar-refractivity contribution >= 4 is 28.9 Å². The number of halogens is 1. The summed E-state index contributed by atoms with van der Waals surface area (Å²) in [5.41, 5.74) is 13.8. The fourth-order valence-corrected chi connectivity index (χ4v) is 2.31. The number of benzene rings is 2. The molecule has 0 fully saturated rings. The number of amides is 1. The van der Waals surface area contributed by atoms with E-state index in [2.05, 4.69) is 5.32 Å². The Hall–Kier alpha value is -2.20. The molecule has 1 amide bonds. The van der Waals surface area contributed by atoms with Gasteiger partial charge in [0.05, 0.1) is 10.6 Å². The summed E-state index contributed by atoms with van der Waals surface area (Å²) in [6.45, 7) is 1.97. The fraction of sp³-hybridized carbons (Fsp3) is 0.133. The van der Waals surface area contributed by atoms with Gasteiger partial charge in [-0.1, -0.05) is 29.8 Å². The third kappa shape index (κ3) is 3.03. The molecule has 2 aromatic rings. The van der Waals surface area contributed by atoms with Crippen LogP contribution in [0.5, 0.6) is 0 Å². The summed E-state index contributed by atoms with van der Waals surface area (Å²) in [4.78, 5) is 11.5. The van der Waals surface area contributed by atoms with E-state index in [9.17, 15) is 4.79 Å². The van der Waals surface area contributed by atoms with Gasteiger partial charge in [0, 0.05) is 17.4 Å². The lowest BCUT2D eigenvalue weighted by Gasteiger charge is -2.18. The number of hydrogen-bond donors (Lipinski definition) is 3. The molecular weight excluding hydrogens is 274 g/mol. The van der Waals surface area contributed by atoms with Crippen LogP contribution in [0.2, 0.25) is 5.02 Å². The van der Waals surface area contributed by atoms with E-state index in [0.717, 1.165) is 5.56 Å². The van der Waals surface area contributed by atoms with Crippen molar-refractivity contribution in [1.82, 2.24) is 0 Å². The second-order valence-electron chi connectivity index (χ2n) is 4.56. The van der Waals surface area contributed by atoms with Crippen molar-refractivity contribution in [3.8, 4) is 0 Å². The number of nitrogen functional groups attached to an aromatic ring is 1. The summed E-state index contributed by atoms with van der Waals surface area (Å²) in [7, 11) is 0. The number of nitrogens with one attached hydrogen (secondary N) is 1. The molecule has 0 bridgehead atoms. The lowest BCUT2D eigenvalue weighted by atomic mass is 10.1. The number of nitrogens with two attached hydrogens (primary N) is 2. The first-order valence-electron chi connectivity index (χ1n) is 6.19. The highest BCUT2D eigenvalue weighted by Crippen LogP contribution is 2.27. The molecule has 0 aliphatic heterocycles. The second kappa shape index (κ2) is 5.84. The zero-order valence-electron chi connectivity index (χ0n) is 11.1. The molecule has 0 saturated carbocycles. The lowest BCUT2D eigenvalue weighted by molar-refractivity contribution is 0.100. The molecule has 0 spiro atoms. The standard InChI is InChI=1S/C15H16ClN3O/c1-9(10-4-2-5-11(17)8-10)19-13-7-3-6-12(16)14(13)15(18)20/h2-9,19H,17H2,1H3,(H2,18,20). The molecule has 0 aromatic heterocycles. The molecule has 4 nitrogen and oxygen atoms in total. The molecule has 5 heteroatoms. The minimum absolute atomic E-state index is 0.0323. The van der Waals surface area contributed by atoms with Crippen LogP contribution in [0.4, 0.5) is 11.4 Å². The van der Waals surface area contributed by atoms with Crippen molar-refractivity contribution < 1.29 is 4.79 Å². The molecular formula is C15H16ClN3O. The number of primary amides is 1. The average molecular weight is 290 g/mol. The van der Waals surface area contributed by atoms with Crippen LogP contribution in [0.3, 0.4) is 0 Å². The predicted octanol–water partition coefficient (Wildman–Crippen LogP) is 3.19. The minimum Gasteiger partial charge on any atom is -0.399 e. The van der Waals surface area contributed by atoms with Crippen molar-refractivity contribution in [2.24, 2.45) is 5.73 Å². The Labute approximate surface area is 122 Å². The van der Waals surface area contributed by atoms with Gasteiger partial charge in [-0.3, -0.25) is 4.79 Å². The summed E-state index contributed by atoms with van der Waals surface area (Å²) >= 11 is 6.02. The molecule has 0 aliphatic carbocycles. The molecule has 20 heavy (non-hydrogen) atoms. The van der Waals surface area contributed by atoms with Crippen LogP contribution >= 0.6 is 11.6 Å². The maximum Gasteiger partial charge on any atom is 0.252 e. The minimum atomic E-state index is -0.558. The van der Waals surface area contributed by atoms with Crippen LogP contribution in [-0.2, 0) is 0 Å². The first-order valence-corrected chi connectivity index (χ1v) is 6.57. The van der Waals surface area contributed by atoms with E-state index in [0.29, 0.717) is 22.0 Å². The van der Waals surface area contributed by atoms with E-state index < -0.39 is 5.91 Å². The Kier molecular flexibility index (Phi) is 4.15. The number of carbonyl (C=O) groups excluding carboxylic acids is 1. The average Bonchev–Trinajstić information content (AvgIpc) is 2.38. The zero-order valence-corrected chi connectivity index (χ0v) is 11.8. The molecule has 5 N–H and O–H groups in total. The van der Waals surface area contributed by atoms with Crippen LogP contribution in [0.15, 0.2) is 42.5 Å². The first-order chi connectivity index (χ1) is 9.49. The first kappa shape index (κ1) is 14.2. The molecule has 1 atom stereocenters. The fourth-order valence-electron chi connectivity index (χ4n) is 2.04. The second-order valence-corrected chi connectivity index (χ2v) is 4.97. The Balaban J connectivity index is 2.30. The summed E-state index contributed by atoms with van der Waals surface area (Å²) in [6.07, 6.45) is 0. The van der Waals surface area contributed by atoms with E-state index >= 15 is 0 Å². The molecule has 2 rings (SSSR count). The zero-order chi connectivity index (χ0) is 14.7. The normalized spacial score (nSPS) is 11.9. The van der Waals surface area contributed by atoms with E-state index in [-0.39, 0.29) is 6.04 Å². The van der Waals surface area contributed by atoms with Crippen molar-refractivity contribution in [2.75, 3.05) is 11.1 Å². The lowest BCUT2D eigenvalue weighted by Crippen LogP contribution is -2.16. The van der Waals surface area contributed by atoms with Gasteiger partial charge in [0.1, 0.15) is 0 Å². The summed E-state index contributed by atoms with van der Waals surface area (Å²) in [5, 5.41) is 3.57. The molecule has 2 aromatic carbocycles. The molecule has 0 heterocycles. The van der Waals surface area contributed by atoms with Gasteiger partial charge in [0.2, 0.25) is 0 Å². The van der Waals surface area contributed by atoms with Crippen LogP contribution in [-0.4, -0.2) is 5.91 Å². The van der Waals surface area contributed by atoms with E-state index in [1.807, 2.05) is 31.2 Å². The van der Waals surface area contributed by atoms with Crippen molar-refractivity contribution in [1.29, 1.82) is 0 Å². The number of rotatable bonds is 4. The van der Waals surface area contributed by atoms with E-state index in [4.69, 9.17) is 23.1 Å². The monoisotopic (exact) mass is 289 g/mol. The van der Waals surface area contributed by atoms with Gasteiger partial charge in [0.25, 0.3) is 5.91 Å². The van der Waals surface area contributed by atoms with Crippen LogP contribution in [0.25, 0.3) is 0 Å². The van der Waals surface area contributed by atoms with Crippen molar-refractivity contribution in [3.05, 3.63) is 58.6 Å². The largest absolute Gasteiger partial charge is 0.399 e. The van der Waals surface area contributed by atoms with Crippen LogP contribution in [0.1, 0.15) is 28.9 Å². The molecule has 0 aliphatic rings. The highest BCUT2D eigenvalue weighted by Gasteiger charge is 2.14. The highest BCUT2D eigenvalue weighted by atomic mass is 35.5. The Morgan fingerprint density at radius 1 is 1.25 bits per heavy atom. The third-order valence-corrected chi connectivity index (χ3v) is 3.36. The maximum atomic E-state index is 11.5. The van der Waals surface area contributed by atoms with Crippen LogP contribution < -0.4 is 16.8 Å². The number of hydrogen-bond acceptors (Lipinski definition) is 3. The topological polar surface area (TPSA) is 81.1 Å². The van der Waals surface area contributed by atoms with E-state index in [1.54, 1.807) is 18.2 Å². The Morgan fingerprint density at radius 2 is 1.95 bits per heavy atom. The third-order valence-electron chi connectivity index (χ3n) is 3.04. The molecule has 0 saturated heterocycles. The van der Waals surface area contributed by atoms with Gasteiger partial charge in [-0.05, 0) is 36.8 Å². The summed E-state index contributed by atoms with van der Waals surface area (Å²) in [5.74, 6) is -0.558. The Bertz CT molecular complexity index is 643. The van der Waals surface area contributed by atoms with Crippen molar-refractivity contribution in [2.45, 2.75) is 13.0 Å². The quantitative estimate of drug-likeness (QED) is 0.756. The number of carbonyl (C=O) groups is 1. The van der Waals surface area contributed by atoms with Gasteiger partial charge in [-0.2, -0.15) is 0 Å². The highest BCUT2D eigenvalue weighted by molar-refractivity contribution is 6.34. The SMILES string of the molecule is CC(Nc1cccc(Cl)c1C(N)=O)c1cccc(N)c1. The van der Waals surface area contributed by atoms with Crippen LogP contribution in [0, 0.1) is 0 Å². The van der Waals surface area contributed by atoms with Gasteiger partial charge in [-0.25, -0.2) is 0 Å². The Morgan fingerprint density at radius 3 is 2.60 bits per heavy atom. The van der Waals surface area contributed by atoms with Gasteiger partial charge >= 0.3 is 0 Å². The van der Waals surface area contributed by atoms with Crippen molar-refractivity contribution in [3.63, 3.8) is 0 Å². The molecule has 1 unspecified atom stereocenters. The van der Waals surface area contributed by atoms with Gasteiger partial charge in [-0.15, -0.1) is 0 Å². The number of anilines is 2. The predicted molar refractivity (Wildman–Crippen MR) is 82.9 cm³/mol.